The van der Waals surface area contributed by atoms with Gasteiger partial charge in [0, 0.05) is 77.1 Å². The van der Waals surface area contributed by atoms with Gasteiger partial charge >= 0.3 is 0 Å². The summed E-state index contributed by atoms with van der Waals surface area (Å²) in [6, 6.07) is 7.51. The van der Waals surface area contributed by atoms with Gasteiger partial charge in [-0.1, -0.05) is 50.7 Å². The second kappa shape index (κ2) is 26.8. The van der Waals surface area contributed by atoms with Crippen molar-refractivity contribution in [3.63, 3.8) is 0 Å². The molecular weight excluding hydrogens is 1330 g/mol. The van der Waals surface area contributed by atoms with Crippen LogP contribution in [-0.2, 0) is 17.0 Å². The lowest BCUT2D eigenvalue weighted by Gasteiger charge is -2.40. The fourth-order valence-corrected chi connectivity index (χ4v) is 11.8. The number of likely N-dealkylation sites (tertiary alicyclic amines) is 2. The Labute approximate surface area is 491 Å². The smallest absolute Gasteiger partial charge is 0.276 e. The first kappa shape index (κ1) is 62.4. The molecule has 0 bridgehead atoms. The van der Waals surface area contributed by atoms with Crippen LogP contribution in [0.2, 0.25) is 15.1 Å². The van der Waals surface area contributed by atoms with Gasteiger partial charge in [-0.3, -0.25) is 52.3 Å². The summed E-state index contributed by atoms with van der Waals surface area (Å²) in [5, 5.41) is 15.1. The van der Waals surface area contributed by atoms with Crippen molar-refractivity contribution < 1.29 is 40.7 Å². The molecule has 5 aromatic heterocycles. The molecule has 3 amide bonds. The van der Waals surface area contributed by atoms with Gasteiger partial charge in [0.05, 0.1) is 42.4 Å². The normalized spacial score (nSPS) is 18.1. The van der Waals surface area contributed by atoms with Crippen molar-refractivity contribution in [3.8, 4) is 0 Å². The summed E-state index contributed by atoms with van der Waals surface area (Å²) < 4.78 is 76.6. The number of carbonyl (C=O) groups is 3. The van der Waals surface area contributed by atoms with Crippen molar-refractivity contribution in [2.24, 2.45) is 0 Å². The highest BCUT2D eigenvalue weighted by atomic mass is 79.9. The molecule has 11 rings (SSSR count). The number of piperidine rings is 3. The van der Waals surface area contributed by atoms with Gasteiger partial charge in [0.15, 0.2) is 0 Å². The minimum Gasteiger partial charge on any atom is -0.384 e. The highest BCUT2D eigenvalue weighted by Gasteiger charge is 2.49. The van der Waals surface area contributed by atoms with E-state index in [9.17, 15) is 55.1 Å². The van der Waals surface area contributed by atoms with E-state index in [4.69, 9.17) is 40.5 Å². The number of anilines is 3. The lowest BCUT2D eigenvalue weighted by molar-refractivity contribution is 0.0390. The molecule has 0 aromatic carbocycles. The van der Waals surface area contributed by atoms with Crippen molar-refractivity contribution in [1.82, 2.24) is 64.7 Å². The molecule has 3 fully saturated rings. The summed E-state index contributed by atoms with van der Waals surface area (Å²) in [6.45, 7) is 2.30. The first-order valence-corrected chi connectivity index (χ1v) is 28.1. The standard InChI is InChI=1S/C17H17ClF2N6O2.C13H13BrClF2N3O2.C11H11BrClN3O2.C4H5N3.C2H3BrF2/c18-10-7-11(23-13-1-4-21-9-22-13)16(28)26-14(10)15(27)24-17(26)2-5-25(6-3-17)8-12(19)20;14-7-5-8(15)10-11(21)18-13(20(10)12(7)22)1-3-19(4-2-13)6-9(16)17;12-6-5-7(13)8-9(17)15-11(16(8)10(6)18)1-3-14-4-2-11;5-4-1-2-6-3-7-4;3-1-2(4)5/h1,4,7,9,12H,2-3,5-6,8H2,(H,24,27)(H,21,22,23);5,9H,1-4,6H2,(H,18,21);5,14H,1-4H2,(H,15,17);1-3H,(H2,5,6,7);2H,1H2. The zero-order valence-corrected chi connectivity index (χ0v) is 48.6. The molecule has 3 saturated heterocycles. The average Bonchev–Trinajstić information content (AvgIpc) is 4.01. The number of nitrogen functional groups attached to an aromatic ring is 1. The second-order valence-corrected chi connectivity index (χ2v) is 22.1. The monoisotopic (exact) mass is 1380 g/mol. The number of halogens is 12. The van der Waals surface area contributed by atoms with Crippen molar-refractivity contribution in [3.05, 3.63) is 128 Å². The highest BCUT2D eigenvalue weighted by molar-refractivity contribution is 9.10. The first-order valence-electron chi connectivity index (χ1n) is 24.2. The van der Waals surface area contributed by atoms with Crippen molar-refractivity contribution in [2.75, 3.05) is 68.7 Å². The third-order valence-corrected chi connectivity index (χ3v) is 16.0. The predicted molar refractivity (Wildman–Crippen MR) is 296 cm³/mol. The van der Waals surface area contributed by atoms with Crippen molar-refractivity contribution in [2.45, 2.75) is 74.8 Å². The second-order valence-electron chi connectivity index (χ2n) is 18.5. The van der Waals surface area contributed by atoms with E-state index in [1.54, 1.807) is 28.1 Å². The van der Waals surface area contributed by atoms with E-state index >= 15 is 0 Å². The lowest BCUT2D eigenvalue weighted by Crippen LogP contribution is -2.55. The van der Waals surface area contributed by atoms with E-state index in [0.717, 1.165) is 13.1 Å². The highest BCUT2D eigenvalue weighted by Crippen LogP contribution is 2.38. The molecular formula is C47H49Br3Cl3F6N15O6. The Hall–Kier alpha value is -5.21. The SMILES string of the molecule is FC(F)CBr.Nc1ccncn1.O=C1NC2(CCN(CC(F)F)CC2)n2c1c(Cl)cc(Br)c2=O.O=C1NC2(CCN(CC(F)F)CC2)n2c1c(Cl)cc(Nc1ccncn1)c2=O.O=C1NC2(CCNCC2)n2c1c(Cl)cc(Br)c2=O. The Morgan fingerprint density at radius 2 is 0.975 bits per heavy atom. The number of nitrogens with zero attached hydrogens (tertiary/aromatic N) is 9. The molecule has 0 atom stereocenters. The first-order chi connectivity index (χ1) is 37.9. The Kier molecular flexibility index (Phi) is 20.9. The van der Waals surface area contributed by atoms with Crippen LogP contribution in [0.15, 0.2) is 78.7 Å². The fourth-order valence-electron chi connectivity index (χ4n) is 9.91. The number of carbonyl (C=O) groups excluding carboxylic acids is 3. The predicted octanol–water partition coefficient (Wildman–Crippen LogP) is 6.56. The van der Waals surface area contributed by atoms with E-state index in [2.05, 4.69) is 94.3 Å². The van der Waals surface area contributed by atoms with E-state index in [0.29, 0.717) is 85.8 Å². The fraction of sp³-hybridized carbons (Fsp3) is 0.447. The van der Waals surface area contributed by atoms with Crippen LogP contribution in [0.5, 0.6) is 0 Å². The maximum absolute atomic E-state index is 13.2. The number of pyridine rings is 3. The molecule has 3 spiro atoms. The molecule has 0 radical (unpaired) electrons. The van der Waals surface area contributed by atoms with Crippen LogP contribution in [0, 0.1) is 0 Å². The molecule has 5 aromatic rings. The van der Waals surface area contributed by atoms with Crippen LogP contribution < -0.4 is 49.0 Å². The number of amides is 3. The topological polar surface area (TPSA) is 261 Å². The Bertz CT molecular complexity index is 3250. The summed E-state index contributed by atoms with van der Waals surface area (Å²) in [6.07, 6.45) is 1.61. The molecule has 7 N–H and O–H groups in total. The Morgan fingerprint density at radius 3 is 1.32 bits per heavy atom. The third kappa shape index (κ3) is 14.0. The number of nitrogens with one attached hydrogen (secondary N) is 5. The molecule has 0 aliphatic carbocycles. The minimum atomic E-state index is -2.43. The molecule has 11 heterocycles. The average molecular weight is 1380 g/mol. The number of hydrogen-bond acceptors (Lipinski definition) is 15. The van der Waals surface area contributed by atoms with Crippen LogP contribution in [0.25, 0.3) is 0 Å². The molecule has 6 aliphatic rings. The quantitative estimate of drug-likeness (QED) is 0.0745. The molecule has 80 heavy (non-hydrogen) atoms. The van der Waals surface area contributed by atoms with Crippen molar-refractivity contribution in [1.29, 1.82) is 0 Å². The molecule has 6 aliphatic heterocycles. The minimum absolute atomic E-state index is 0.0854. The number of alkyl halides is 7. The van der Waals surface area contributed by atoms with E-state index in [1.807, 2.05) is 0 Å². The van der Waals surface area contributed by atoms with E-state index in [-0.39, 0.29) is 72.7 Å². The van der Waals surface area contributed by atoms with Gasteiger partial charge < -0.3 is 32.3 Å². The van der Waals surface area contributed by atoms with Gasteiger partial charge in [-0.05, 0) is 75.3 Å². The van der Waals surface area contributed by atoms with Crippen LogP contribution in [0.3, 0.4) is 0 Å². The lowest BCUT2D eigenvalue weighted by atomic mass is 9.97. The summed E-state index contributed by atoms with van der Waals surface area (Å²) in [5.74, 6) is -0.210. The zero-order valence-electron chi connectivity index (χ0n) is 41.6. The van der Waals surface area contributed by atoms with E-state index in [1.165, 1.54) is 50.8 Å². The number of fused-ring (bicyclic) bond motifs is 6. The number of aromatic nitrogens is 7. The maximum atomic E-state index is 13.2. The third-order valence-electron chi connectivity index (χ3n) is 13.5. The zero-order chi connectivity index (χ0) is 58.3. The number of rotatable bonds is 7. The maximum Gasteiger partial charge on any atom is 0.276 e. The largest absolute Gasteiger partial charge is 0.384 e. The number of hydrogen-bond donors (Lipinski definition) is 6. The van der Waals surface area contributed by atoms with Gasteiger partial charge in [-0.15, -0.1) is 0 Å². The van der Waals surface area contributed by atoms with Crippen LogP contribution in [0.1, 0.15) is 70.0 Å². The molecule has 0 unspecified atom stereocenters. The van der Waals surface area contributed by atoms with Gasteiger partial charge in [-0.25, -0.2) is 46.3 Å². The molecule has 432 valence electrons. The Balaban J connectivity index is 0.000000159. The molecule has 21 nitrogen and oxygen atoms in total. The van der Waals surface area contributed by atoms with Gasteiger partial charge in [0.2, 0.25) is 6.43 Å². The van der Waals surface area contributed by atoms with Gasteiger partial charge in [0.1, 0.15) is 64.0 Å². The summed E-state index contributed by atoms with van der Waals surface area (Å²) in [5.41, 5.74) is 2.39. The van der Waals surface area contributed by atoms with Crippen LogP contribution >= 0.6 is 82.6 Å². The summed E-state index contributed by atoms with van der Waals surface area (Å²) in [7, 11) is 0. The van der Waals surface area contributed by atoms with E-state index < -0.39 is 53.6 Å². The summed E-state index contributed by atoms with van der Waals surface area (Å²) in [4.78, 5) is 93.0. The Morgan fingerprint density at radius 1 is 0.588 bits per heavy atom. The summed E-state index contributed by atoms with van der Waals surface area (Å²) >= 11 is 27.4. The van der Waals surface area contributed by atoms with Crippen LogP contribution in [0.4, 0.5) is 43.7 Å². The molecule has 33 heteroatoms. The van der Waals surface area contributed by atoms with Gasteiger partial charge in [-0.2, -0.15) is 0 Å². The van der Waals surface area contributed by atoms with Crippen LogP contribution in [-0.4, -0.2) is 138 Å². The van der Waals surface area contributed by atoms with Gasteiger partial charge in [0.25, 0.3) is 47.3 Å². The number of nitrogens with two attached hydrogens (primary N) is 1. The van der Waals surface area contributed by atoms with Crippen molar-refractivity contribution >= 4 is 118 Å². The molecule has 0 saturated carbocycles.